The molecule has 2 aromatic rings. The zero-order chi connectivity index (χ0) is 19.5. The van der Waals surface area contributed by atoms with Crippen molar-refractivity contribution in [3.05, 3.63) is 29.5 Å². The zero-order valence-electron chi connectivity index (χ0n) is 15.1. The van der Waals surface area contributed by atoms with Crippen LogP contribution >= 0.6 is 0 Å². The van der Waals surface area contributed by atoms with Crippen LogP contribution < -0.4 is 25.7 Å². The van der Waals surface area contributed by atoms with E-state index in [9.17, 15) is 8.42 Å². The van der Waals surface area contributed by atoms with Gasteiger partial charge < -0.3 is 20.9 Å². The lowest BCUT2D eigenvalue weighted by atomic mass is 9.99. The molecule has 10 heteroatoms. The summed E-state index contributed by atoms with van der Waals surface area (Å²) in [7, 11) is -0.650. The molecule has 1 aromatic carbocycles. The molecule has 9 nitrogen and oxygen atoms in total. The van der Waals surface area contributed by atoms with Gasteiger partial charge in [0, 0.05) is 11.1 Å². The van der Waals surface area contributed by atoms with Crippen molar-refractivity contribution >= 4 is 21.8 Å². The second-order valence-electron chi connectivity index (χ2n) is 5.90. The molecular weight excluding hydrogens is 358 g/mol. The highest BCUT2D eigenvalue weighted by Crippen LogP contribution is 2.37. The van der Waals surface area contributed by atoms with Crippen molar-refractivity contribution < 1.29 is 17.9 Å². The number of nitrogen functional groups attached to an aromatic ring is 2. The van der Waals surface area contributed by atoms with Gasteiger partial charge in [-0.2, -0.15) is 4.98 Å². The van der Waals surface area contributed by atoms with Crippen LogP contribution in [0, 0.1) is 0 Å². The highest BCUT2D eigenvalue weighted by atomic mass is 32.2. The monoisotopic (exact) mass is 381 g/mol. The molecule has 0 aliphatic heterocycles. The highest BCUT2D eigenvalue weighted by Gasteiger charge is 2.20. The van der Waals surface area contributed by atoms with Crippen molar-refractivity contribution in [3.8, 4) is 17.2 Å². The molecule has 5 N–H and O–H groups in total. The second kappa shape index (κ2) is 7.75. The first-order valence-electron chi connectivity index (χ1n) is 7.84. The maximum absolute atomic E-state index is 12.0. The average Bonchev–Trinajstić information content (AvgIpc) is 2.57. The summed E-state index contributed by atoms with van der Waals surface area (Å²) >= 11 is 0. The number of hydrogen-bond acceptors (Lipinski definition) is 8. The van der Waals surface area contributed by atoms with E-state index >= 15 is 0 Å². The summed E-state index contributed by atoms with van der Waals surface area (Å²) < 4.78 is 37.4. The van der Waals surface area contributed by atoms with E-state index in [-0.39, 0.29) is 29.2 Å². The van der Waals surface area contributed by atoms with Crippen LogP contribution in [0.4, 0.5) is 11.8 Å². The van der Waals surface area contributed by atoms with Crippen LogP contribution in [0.5, 0.6) is 17.2 Å². The van der Waals surface area contributed by atoms with Gasteiger partial charge in [-0.3, -0.25) is 0 Å². The van der Waals surface area contributed by atoms with Crippen LogP contribution in [-0.2, 0) is 15.8 Å². The SMILES string of the molecule is CNS(=O)(=O)Cc1cc(Oc2cnc(N)nc2N)c(C(C)C)cc1OC. The zero-order valence-corrected chi connectivity index (χ0v) is 15.9. The molecule has 0 saturated heterocycles. The number of hydrogen-bond donors (Lipinski definition) is 3. The molecule has 0 aliphatic rings. The molecule has 0 aliphatic carbocycles. The summed E-state index contributed by atoms with van der Waals surface area (Å²) in [6.07, 6.45) is 1.37. The number of ether oxygens (including phenoxy) is 2. The van der Waals surface area contributed by atoms with E-state index in [1.165, 1.54) is 20.4 Å². The molecule has 0 bridgehead atoms. The smallest absolute Gasteiger partial charge is 0.222 e. The van der Waals surface area contributed by atoms with Gasteiger partial charge in [0.05, 0.1) is 19.1 Å². The lowest BCUT2D eigenvalue weighted by molar-refractivity contribution is 0.406. The van der Waals surface area contributed by atoms with E-state index < -0.39 is 10.0 Å². The Morgan fingerprint density at radius 3 is 2.42 bits per heavy atom. The molecular formula is C16H23N5O4S. The minimum atomic E-state index is -3.49. The van der Waals surface area contributed by atoms with E-state index in [0.717, 1.165) is 5.56 Å². The topological polar surface area (TPSA) is 142 Å². The Morgan fingerprint density at radius 1 is 1.19 bits per heavy atom. The number of sulfonamides is 1. The highest BCUT2D eigenvalue weighted by molar-refractivity contribution is 7.88. The van der Waals surface area contributed by atoms with E-state index in [0.29, 0.717) is 17.1 Å². The number of nitrogens with zero attached hydrogens (tertiary/aromatic N) is 2. The fourth-order valence-corrected chi connectivity index (χ4v) is 3.11. The van der Waals surface area contributed by atoms with Crippen molar-refractivity contribution in [3.63, 3.8) is 0 Å². The fraction of sp³-hybridized carbons (Fsp3) is 0.375. The molecule has 1 heterocycles. The standard InChI is InChI=1S/C16H23N5O4S/c1-9(2)11-6-12(24-4)10(8-26(22,23)19-3)5-13(11)25-14-7-20-16(18)21-15(14)17/h5-7,9,19H,8H2,1-4H3,(H4,17,18,20,21). The quantitative estimate of drug-likeness (QED) is 0.656. The van der Waals surface area contributed by atoms with Crippen LogP contribution in [0.1, 0.15) is 30.9 Å². The Kier molecular flexibility index (Phi) is 5.88. The summed E-state index contributed by atoms with van der Waals surface area (Å²) in [6, 6.07) is 3.38. The Labute approximate surface area is 152 Å². The van der Waals surface area contributed by atoms with E-state index in [1.807, 2.05) is 13.8 Å². The van der Waals surface area contributed by atoms with E-state index in [1.54, 1.807) is 12.1 Å². The molecule has 0 spiro atoms. The second-order valence-corrected chi connectivity index (χ2v) is 7.83. The van der Waals surface area contributed by atoms with Gasteiger partial charge in [0.1, 0.15) is 11.5 Å². The van der Waals surface area contributed by atoms with Gasteiger partial charge in [0.2, 0.25) is 16.0 Å². The van der Waals surface area contributed by atoms with Crippen LogP contribution in [0.2, 0.25) is 0 Å². The molecule has 0 atom stereocenters. The van der Waals surface area contributed by atoms with Crippen LogP contribution in [-0.4, -0.2) is 32.5 Å². The average molecular weight is 381 g/mol. The summed E-state index contributed by atoms with van der Waals surface area (Å²) in [5.74, 6) is 1.10. The predicted octanol–water partition coefficient (Wildman–Crippen LogP) is 1.61. The first-order valence-corrected chi connectivity index (χ1v) is 9.50. The molecule has 0 fully saturated rings. The summed E-state index contributed by atoms with van der Waals surface area (Å²) in [6.45, 7) is 3.96. The molecule has 26 heavy (non-hydrogen) atoms. The van der Waals surface area contributed by atoms with Crippen molar-refractivity contribution in [2.45, 2.75) is 25.5 Å². The van der Waals surface area contributed by atoms with Crippen LogP contribution in [0.15, 0.2) is 18.3 Å². The number of nitrogens with one attached hydrogen (secondary N) is 1. The molecule has 142 valence electrons. The minimum absolute atomic E-state index is 0.0365. The fourth-order valence-electron chi connectivity index (χ4n) is 2.33. The molecule has 0 radical (unpaired) electrons. The van der Waals surface area contributed by atoms with Crippen LogP contribution in [0.25, 0.3) is 0 Å². The predicted molar refractivity (Wildman–Crippen MR) is 99.7 cm³/mol. The normalized spacial score (nSPS) is 11.6. The van der Waals surface area contributed by atoms with Crippen molar-refractivity contribution in [2.75, 3.05) is 25.6 Å². The Morgan fingerprint density at radius 2 is 1.88 bits per heavy atom. The first-order chi connectivity index (χ1) is 12.2. The van der Waals surface area contributed by atoms with Gasteiger partial charge in [-0.1, -0.05) is 13.8 Å². The lowest BCUT2D eigenvalue weighted by Gasteiger charge is -2.18. The van der Waals surface area contributed by atoms with Gasteiger partial charge in [0.25, 0.3) is 0 Å². The number of aromatic nitrogens is 2. The minimum Gasteiger partial charge on any atom is -0.496 e. The molecule has 2 rings (SSSR count). The Balaban J connectivity index is 2.54. The molecule has 0 amide bonds. The van der Waals surface area contributed by atoms with Gasteiger partial charge >= 0.3 is 0 Å². The molecule has 0 saturated carbocycles. The lowest BCUT2D eigenvalue weighted by Crippen LogP contribution is -2.20. The summed E-state index contributed by atoms with van der Waals surface area (Å²) in [5.41, 5.74) is 12.6. The van der Waals surface area contributed by atoms with Gasteiger partial charge in [-0.05, 0) is 25.1 Å². The first kappa shape index (κ1) is 19.7. The van der Waals surface area contributed by atoms with Gasteiger partial charge in [0.15, 0.2) is 11.6 Å². The number of methoxy groups -OCH3 is 1. The maximum atomic E-state index is 12.0. The number of rotatable bonds is 7. The third-order valence-corrected chi connectivity index (χ3v) is 5.03. The van der Waals surface area contributed by atoms with Crippen LogP contribution in [0.3, 0.4) is 0 Å². The van der Waals surface area contributed by atoms with Gasteiger partial charge in [-0.15, -0.1) is 0 Å². The Bertz CT molecular complexity index is 900. The number of benzene rings is 1. The van der Waals surface area contributed by atoms with E-state index in [4.69, 9.17) is 20.9 Å². The third-order valence-electron chi connectivity index (χ3n) is 3.71. The van der Waals surface area contributed by atoms with Crippen molar-refractivity contribution in [1.29, 1.82) is 0 Å². The third kappa shape index (κ3) is 4.52. The summed E-state index contributed by atoms with van der Waals surface area (Å²) in [5, 5.41) is 0. The van der Waals surface area contributed by atoms with Crippen molar-refractivity contribution in [1.82, 2.24) is 14.7 Å². The number of anilines is 2. The maximum Gasteiger partial charge on any atom is 0.222 e. The van der Waals surface area contributed by atoms with Gasteiger partial charge in [-0.25, -0.2) is 18.1 Å². The Hall–Kier alpha value is -2.59. The van der Waals surface area contributed by atoms with Crippen molar-refractivity contribution in [2.24, 2.45) is 0 Å². The van der Waals surface area contributed by atoms with E-state index in [2.05, 4.69) is 14.7 Å². The molecule has 1 aromatic heterocycles. The number of nitrogens with two attached hydrogens (primary N) is 2. The largest absolute Gasteiger partial charge is 0.496 e. The summed E-state index contributed by atoms with van der Waals surface area (Å²) in [4.78, 5) is 7.73. The molecule has 0 unspecified atom stereocenters.